The van der Waals surface area contributed by atoms with Crippen LogP contribution in [0.15, 0.2) is 0 Å². The predicted molar refractivity (Wildman–Crippen MR) is 46.6 cm³/mol. The lowest BCUT2D eigenvalue weighted by Gasteiger charge is -2.09. The summed E-state index contributed by atoms with van der Waals surface area (Å²) in [4.78, 5) is 0. The SMILES string of the molecule is CCC(C)P(C)I. The van der Waals surface area contributed by atoms with Gasteiger partial charge in [-0.2, -0.15) is 0 Å². The summed E-state index contributed by atoms with van der Waals surface area (Å²) in [6.07, 6.45) is 1.34. The van der Waals surface area contributed by atoms with Crippen LogP contribution in [-0.2, 0) is 0 Å². The Labute approximate surface area is 60.3 Å². The van der Waals surface area contributed by atoms with Crippen LogP contribution < -0.4 is 0 Å². The van der Waals surface area contributed by atoms with Gasteiger partial charge in [0.15, 0.2) is 0 Å². The van der Waals surface area contributed by atoms with E-state index in [0.29, 0.717) is 5.56 Å². The molecule has 2 unspecified atom stereocenters. The summed E-state index contributed by atoms with van der Waals surface area (Å²) in [6, 6.07) is 0. The smallest absolute Gasteiger partial charge is 0.0152 e. The fraction of sp³-hybridized carbons (Fsp3) is 1.00. The molecule has 0 aliphatic carbocycles. The highest BCUT2D eigenvalue weighted by molar-refractivity contribution is 14.2. The number of hydrogen-bond acceptors (Lipinski definition) is 0. The van der Waals surface area contributed by atoms with E-state index in [-0.39, 0.29) is 0 Å². The zero-order chi connectivity index (χ0) is 5.86. The minimum atomic E-state index is 0.308. The van der Waals surface area contributed by atoms with Gasteiger partial charge in [-0.1, -0.05) is 35.9 Å². The molecule has 0 fully saturated rings. The Hall–Kier alpha value is 1.16. The standard InChI is InChI=1S/C5H12IP/c1-4-5(2)7(3)6/h5H,4H2,1-3H3. The number of hydrogen-bond donors (Lipinski definition) is 0. The van der Waals surface area contributed by atoms with Gasteiger partial charge in [0, 0.05) is 0 Å². The van der Waals surface area contributed by atoms with Gasteiger partial charge in [0.1, 0.15) is 0 Å². The van der Waals surface area contributed by atoms with E-state index in [1.165, 1.54) is 6.42 Å². The minimum absolute atomic E-state index is 0.308. The molecule has 0 heterocycles. The summed E-state index contributed by atoms with van der Waals surface area (Å²) in [7, 11) is 0. The lowest BCUT2D eigenvalue weighted by atomic mass is 10.4. The molecule has 0 saturated carbocycles. The number of halogens is 1. The van der Waals surface area contributed by atoms with Crippen molar-refractivity contribution in [1.29, 1.82) is 0 Å². The van der Waals surface area contributed by atoms with Crippen molar-refractivity contribution in [3.8, 4) is 0 Å². The second-order valence-corrected chi connectivity index (χ2v) is 8.28. The third-order valence-corrected chi connectivity index (χ3v) is 5.63. The van der Waals surface area contributed by atoms with Crippen LogP contribution in [0.25, 0.3) is 0 Å². The van der Waals surface area contributed by atoms with Gasteiger partial charge in [0.25, 0.3) is 0 Å². The largest absolute Gasteiger partial charge is 0.0648 e. The molecule has 0 amide bonds. The van der Waals surface area contributed by atoms with Crippen LogP contribution in [0, 0.1) is 0 Å². The van der Waals surface area contributed by atoms with Crippen LogP contribution in [0.2, 0.25) is 0 Å². The van der Waals surface area contributed by atoms with Gasteiger partial charge in [-0.05, 0) is 24.3 Å². The molecule has 0 bridgehead atoms. The van der Waals surface area contributed by atoms with Crippen LogP contribution >= 0.6 is 27.6 Å². The maximum atomic E-state index is 2.53. The summed E-state index contributed by atoms with van der Waals surface area (Å²) in [5.74, 6) is 0. The zero-order valence-electron chi connectivity index (χ0n) is 5.11. The van der Waals surface area contributed by atoms with Gasteiger partial charge >= 0.3 is 0 Å². The topological polar surface area (TPSA) is 0 Å². The van der Waals surface area contributed by atoms with Crippen LogP contribution in [0.1, 0.15) is 20.3 Å². The van der Waals surface area contributed by atoms with E-state index in [2.05, 4.69) is 42.6 Å². The Bertz CT molecular complexity index is 45.3. The third kappa shape index (κ3) is 3.72. The highest BCUT2D eigenvalue weighted by Crippen LogP contribution is 2.46. The molecule has 2 heteroatoms. The molecule has 0 aromatic heterocycles. The lowest BCUT2D eigenvalue weighted by Crippen LogP contribution is -1.89. The third-order valence-electron chi connectivity index (χ3n) is 1.20. The van der Waals surface area contributed by atoms with Crippen molar-refractivity contribution in [2.75, 3.05) is 6.66 Å². The fourth-order valence-corrected chi connectivity index (χ4v) is 1.94. The molecule has 0 aromatic rings. The average Bonchev–Trinajstić information content (AvgIpc) is 1.65. The summed E-state index contributed by atoms with van der Waals surface area (Å²) >= 11 is 2.53. The fourth-order valence-electron chi connectivity index (χ4n) is 0.252. The number of rotatable bonds is 2. The molecule has 0 aliphatic heterocycles. The Kier molecular flexibility index (Phi) is 4.76. The minimum Gasteiger partial charge on any atom is -0.0648 e. The summed E-state index contributed by atoms with van der Waals surface area (Å²) in [5.41, 5.74) is 1.26. The van der Waals surface area contributed by atoms with Crippen molar-refractivity contribution in [2.45, 2.75) is 25.9 Å². The molecule has 0 aromatic carbocycles. The maximum absolute atomic E-state index is 2.53. The van der Waals surface area contributed by atoms with E-state index in [1.54, 1.807) is 0 Å². The molecule has 0 spiro atoms. The van der Waals surface area contributed by atoms with E-state index in [1.807, 2.05) is 0 Å². The van der Waals surface area contributed by atoms with Crippen molar-refractivity contribution < 1.29 is 0 Å². The first-order chi connectivity index (χ1) is 3.18. The Morgan fingerprint density at radius 3 is 2.14 bits per heavy atom. The zero-order valence-corrected chi connectivity index (χ0v) is 8.16. The first kappa shape index (κ1) is 8.16. The van der Waals surface area contributed by atoms with Gasteiger partial charge in [0.2, 0.25) is 0 Å². The predicted octanol–water partition coefficient (Wildman–Crippen LogP) is 3.25. The first-order valence-electron chi connectivity index (χ1n) is 2.57. The summed E-state index contributed by atoms with van der Waals surface area (Å²) < 4.78 is 0. The van der Waals surface area contributed by atoms with Gasteiger partial charge in [-0.3, -0.25) is 0 Å². The monoisotopic (exact) mass is 230 g/mol. The lowest BCUT2D eigenvalue weighted by molar-refractivity contribution is 0.901. The van der Waals surface area contributed by atoms with E-state index in [0.717, 1.165) is 5.66 Å². The molecule has 0 saturated heterocycles. The molecule has 0 nitrogen and oxygen atoms in total. The summed E-state index contributed by atoms with van der Waals surface area (Å²) in [6.45, 7) is 6.89. The molecular weight excluding hydrogens is 218 g/mol. The van der Waals surface area contributed by atoms with E-state index in [4.69, 9.17) is 0 Å². The van der Waals surface area contributed by atoms with Crippen molar-refractivity contribution in [3.63, 3.8) is 0 Å². The van der Waals surface area contributed by atoms with Crippen LogP contribution in [0.3, 0.4) is 0 Å². The Balaban J connectivity index is 3.14. The quantitative estimate of drug-likeness (QED) is 0.504. The molecule has 2 atom stereocenters. The van der Waals surface area contributed by atoms with Crippen molar-refractivity contribution >= 4 is 27.6 Å². The maximum Gasteiger partial charge on any atom is -0.0152 e. The summed E-state index contributed by atoms with van der Waals surface area (Å²) in [5, 5.41) is 0. The van der Waals surface area contributed by atoms with Crippen molar-refractivity contribution in [3.05, 3.63) is 0 Å². The molecule has 0 aliphatic rings. The Morgan fingerprint density at radius 1 is 1.71 bits per heavy atom. The molecule has 7 heavy (non-hydrogen) atoms. The van der Waals surface area contributed by atoms with Crippen LogP contribution in [0.5, 0.6) is 0 Å². The normalized spacial score (nSPS) is 18.9. The Morgan fingerprint density at radius 2 is 2.14 bits per heavy atom. The van der Waals surface area contributed by atoms with E-state index < -0.39 is 0 Å². The first-order valence-corrected chi connectivity index (χ1v) is 7.21. The molecule has 0 N–H and O–H groups in total. The molecule has 0 rings (SSSR count). The highest BCUT2D eigenvalue weighted by atomic mass is 127. The molecule has 44 valence electrons. The molecule has 0 radical (unpaired) electrons. The van der Waals surface area contributed by atoms with Gasteiger partial charge in [0.05, 0.1) is 0 Å². The second kappa shape index (κ2) is 4.08. The van der Waals surface area contributed by atoms with Gasteiger partial charge < -0.3 is 0 Å². The second-order valence-electron chi connectivity index (χ2n) is 1.78. The van der Waals surface area contributed by atoms with Crippen LogP contribution in [0.4, 0.5) is 0 Å². The van der Waals surface area contributed by atoms with Gasteiger partial charge in [-0.15, -0.1) is 0 Å². The van der Waals surface area contributed by atoms with E-state index in [9.17, 15) is 0 Å². The van der Waals surface area contributed by atoms with E-state index >= 15 is 0 Å². The molecular formula is C5H12IP. The van der Waals surface area contributed by atoms with Gasteiger partial charge in [-0.25, -0.2) is 0 Å². The average molecular weight is 230 g/mol. The van der Waals surface area contributed by atoms with Crippen LogP contribution in [-0.4, -0.2) is 12.3 Å². The van der Waals surface area contributed by atoms with Crippen molar-refractivity contribution in [2.24, 2.45) is 0 Å². The van der Waals surface area contributed by atoms with Crippen molar-refractivity contribution in [1.82, 2.24) is 0 Å². The highest BCUT2D eigenvalue weighted by Gasteiger charge is 2.02.